The van der Waals surface area contributed by atoms with E-state index in [-0.39, 0.29) is 0 Å². The highest BCUT2D eigenvalue weighted by Crippen LogP contribution is 2.25. The van der Waals surface area contributed by atoms with Crippen LogP contribution in [0.25, 0.3) is 0 Å². The Balaban J connectivity index is 2.23. The lowest BCUT2D eigenvalue weighted by atomic mass is 10.0. The summed E-state index contributed by atoms with van der Waals surface area (Å²) in [6, 6.07) is 9.74. The molecule has 0 saturated carbocycles. The van der Waals surface area contributed by atoms with Gasteiger partial charge in [-0.1, -0.05) is 25.1 Å². The molecule has 0 amide bonds. The van der Waals surface area contributed by atoms with Gasteiger partial charge in [0, 0.05) is 37.4 Å². The fourth-order valence-corrected chi connectivity index (χ4v) is 2.82. The molecule has 2 atom stereocenters. The van der Waals surface area contributed by atoms with E-state index in [0.29, 0.717) is 12.1 Å². The number of nitrogens with zero attached hydrogens (tertiary/aromatic N) is 2. The summed E-state index contributed by atoms with van der Waals surface area (Å²) >= 11 is 0. The normalized spacial score (nSPS) is 25.4. The van der Waals surface area contributed by atoms with Gasteiger partial charge in [-0.3, -0.25) is 4.90 Å². The van der Waals surface area contributed by atoms with Crippen molar-refractivity contribution in [3.63, 3.8) is 0 Å². The zero-order valence-electron chi connectivity index (χ0n) is 11.8. The Bertz CT molecular complexity index is 391. The van der Waals surface area contributed by atoms with Crippen molar-refractivity contribution in [1.29, 1.82) is 0 Å². The van der Waals surface area contributed by atoms with Crippen LogP contribution in [0.15, 0.2) is 24.3 Å². The van der Waals surface area contributed by atoms with E-state index in [2.05, 4.69) is 55.0 Å². The molecule has 1 fully saturated rings. The third kappa shape index (κ3) is 2.52. The van der Waals surface area contributed by atoms with Gasteiger partial charge in [0.2, 0.25) is 0 Å². The number of rotatable bonds is 3. The molecule has 3 heteroatoms. The summed E-state index contributed by atoms with van der Waals surface area (Å²) < 4.78 is 0. The number of benzene rings is 1. The van der Waals surface area contributed by atoms with Gasteiger partial charge in [-0.15, -0.1) is 0 Å². The van der Waals surface area contributed by atoms with Gasteiger partial charge in [-0.2, -0.15) is 0 Å². The van der Waals surface area contributed by atoms with Crippen LogP contribution in [0, 0.1) is 0 Å². The van der Waals surface area contributed by atoms with Crippen molar-refractivity contribution in [2.24, 2.45) is 5.73 Å². The van der Waals surface area contributed by atoms with E-state index in [0.717, 1.165) is 26.1 Å². The Morgan fingerprint density at radius 3 is 2.67 bits per heavy atom. The number of nitrogens with two attached hydrogens (primary N) is 1. The summed E-state index contributed by atoms with van der Waals surface area (Å²) in [5, 5.41) is 0. The molecule has 18 heavy (non-hydrogen) atoms. The molecule has 100 valence electrons. The molecule has 0 spiro atoms. The molecule has 1 aromatic carbocycles. The van der Waals surface area contributed by atoms with Crippen LogP contribution < -0.4 is 10.6 Å². The molecule has 2 N–H and O–H groups in total. The lowest BCUT2D eigenvalue weighted by molar-refractivity contribution is 0.162. The highest BCUT2D eigenvalue weighted by Gasteiger charge is 2.29. The van der Waals surface area contributed by atoms with E-state index >= 15 is 0 Å². The maximum Gasteiger partial charge on any atom is 0.0399 e. The summed E-state index contributed by atoms with van der Waals surface area (Å²) in [6.45, 7) is 7.35. The average Bonchev–Trinajstić information content (AvgIpc) is 2.41. The second kappa shape index (κ2) is 5.72. The van der Waals surface area contributed by atoms with Crippen molar-refractivity contribution in [3.05, 3.63) is 29.8 Å². The molecular weight excluding hydrogens is 222 g/mol. The number of piperazine rings is 1. The minimum Gasteiger partial charge on any atom is -0.368 e. The van der Waals surface area contributed by atoms with Gasteiger partial charge in [0.15, 0.2) is 0 Å². The molecule has 1 aliphatic heterocycles. The summed E-state index contributed by atoms with van der Waals surface area (Å²) in [4.78, 5) is 4.91. The number of aryl methyl sites for hydroxylation is 1. The van der Waals surface area contributed by atoms with Gasteiger partial charge in [0.25, 0.3) is 0 Å². The van der Waals surface area contributed by atoms with Crippen molar-refractivity contribution in [1.82, 2.24) is 4.90 Å². The van der Waals surface area contributed by atoms with Crippen molar-refractivity contribution in [2.45, 2.75) is 32.4 Å². The molecule has 2 unspecified atom stereocenters. The number of hydrogen-bond acceptors (Lipinski definition) is 3. The molecule has 1 aromatic rings. The summed E-state index contributed by atoms with van der Waals surface area (Å²) in [5.41, 5.74) is 8.72. The van der Waals surface area contributed by atoms with E-state index in [4.69, 9.17) is 5.73 Å². The molecule has 2 rings (SSSR count). The number of hydrogen-bond donors (Lipinski definition) is 1. The molecule has 3 nitrogen and oxygen atoms in total. The molecule has 1 aliphatic rings. The van der Waals surface area contributed by atoms with Gasteiger partial charge in [0.1, 0.15) is 0 Å². The molecule has 0 bridgehead atoms. The van der Waals surface area contributed by atoms with Crippen LogP contribution >= 0.6 is 0 Å². The van der Waals surface area contributed by atoms with Gasteiger partial charge < -0.3 is 10.6 Å². The summed E-state index contributed by atoms with van der Waals surface area (Å²) in [5.74, 6) is 0. The lowest BCUT2D eigenvalue weighted by Crippen LogP contribution is -2.58. The van der Waals surface area contributed by atoms with Crippen LogP contribution in [-0.4, -0.2) is 43.7 Å². The van der Waals surface area contributed by atoms with Crippen LogP contribution in [-0.2, 0) is 6.42 Å². The summed E-state index contributed by atoms with van der Waals surface area (Å²) in [7, 11) is 2.19. The largest absolute Gasteiger partial charge is 0.368 e. The maximum atomic E-state index is 5.90. The van der Waals surface area contributed by atoms with Crippen LogP contribution in [0.1, 0.15) is 19.4 Å². The molecular formula is C15H25N3. The second-order valence-electron chi connectivity index (χ2n) is 5.29. The minimum atomic E-state index is 0.457. The SMILES string of the molecule is CCc1ccccc1N1CC(C)N(C)C(CN)C1. The topological polar surface area (TPSA) is 32.5 Å². The average molecular weight is 247 g/mol. The number of para-hydroxylation sites is 1. The highest BCUT2D eigenvalue weighted by molar-refractivity contribution is 5.54. The summed E-state index contributed by atoms with van der Waals surface area (Å²) in [6.07, 6.45) is 1.09. The molecule has 1 heterocycles. The predicted octanol–water partition coefficient (Wildman–Crippen LogP) is 1.72. The second-order valence-corrected chi connectivity index (χ2v) is 5.29. The van der Waals surface area contributed by atoms with Crippen LogP contribution in [0.4, 0.5) is 5.69 Å². The minimum absolute atomic E-state index is 0.457. The monoisotopic (exact) mass is 247 g/mol. The molecule has 0 aromatic heterocycles. The van der Waals surface area contributed by atoms with Crippen LogP contribution in [0.2, 0.25) is 0 Å². The number of likely N-dealkylation sites (N-methyl/N-ethyl adjacent to an activating group) is 1. The van der Waals surface area contributed by atoms with Crippen molar-refractivity contribution in [2.75, 3.05) is 31.6 Å². The van der Waals surface area contributed by atoms with Gasteiger partial charge in [-0.25, -0.2) is 0 Å². The standard InChI is InChI=1S/C15H25N3/c1-4-13-7-5-6-8-15(13)18-10-12(2)17(3)14(9-16)11-18/h5-8,12,14H,4,9-11,16H2,1-3H3. The first-order chi connectivity index (χ1) is 8.67. The van der Waals surface area contributed by atoms with E-state index in [1.165, 1.54) is 11.3 Å². The zero-order chi connectivity index (χ0) is 13.1. The smallest absolute Gasteiger partial charge is 0.0399 e. The zero-order valence-corrected chi connectivity index (χ0v) is 11.8. The van der Waals surface area contributed by atoms with Crippen LogP contribution in [0.3, 0.4) is 0 Å². The van der Waals surface area contributed by atoms with Gasteiger partial charge >= 0.3 is 0 Å². The van der Waals surface area contributed by atoms with E-state index in [1.54, 1.807) is 0 Å². The van der Waals surface area contributed by atoms with Crippen molar-refractivity contribution >= 4 is 5.69 Å². The van der Waals surface area contributed by atoms with Gasteiger partial charge in [-0.05, 0) is 32.0 Å². The van der Waals surface area contributed by atoms with Crippen molar-refractivity contribution < 1.29 is 0 Å². The van der Waals surface area contributed by atoms with Gasteiger partial charge in [0.05, 0.1) is 0 Å². The maximum absolute atomic E-state index is 5.90. The first-order valence-corrected chi connectivity index (χ1v) is 6.92. The first kappa shape index (κ1) is 13.4. The molecule has 0 radical (unpaired) electrons. The van der Waals surface area contributed by atoms with Crippen molar-refractivity contribution in [3.8, 4) is 0 Å². The quantitative estimate of drug-likeness (QED) is 0.882. The van der Waals surface area contributed by atoms with Crippen LogP contribution in [0.5, 0.6) is 0 Å². The lowest BCUT2D eigenvalue weighted by Gasteiger charge is -2.45. The first-order valence-electron chi connectivity index (χ1n) is 6.92. The van der Waals surface area contributed by atoms with E-state index < -0.39 is 0 Å². The van der Waals surface area contributed by atoms with E-state index in [9.17, 15) is 0 Å². The Labute approximate surface area is 111 Å². The molecule has 0 aliphatic carbocycles. The Morgan fingerprint density at radius 1 is 1.28 bits per heavy atom. The fraction of sp³-hybridized carbons (Fsp3) is 0.600. The Hall–Kier alpha value is -1.06. The van der Waals surface area contributed by atoms with E-state index in [1.807, 2.05) is 0 Å². The Kier molecular flexibility index (Phi) is 4.25. The molecule has 1 saturated heterocycles. The highest BCUT2D eigenvalue weighted by atomic mass is 15.3. The predicted molar refractivity (Wildman–Crippen MR) is 78.1 cm³/mol. The third-order valence-corrected chi connectivity index (χ3v) is 4.17. The number of anilines is 1. The third-order valence-electron chi connectivity index (χ3n) is 4.17. The Morgan fingerprint density at radius 2 is 2.00 bits per heavy atom. The fourth-order valence-electron chi connectivity index (χ4n) is 2.82.